The van der Waals surface area contributed by atoms with Gasteiger partial charge in [-0.25, -0.2) is 4.98 Å². The Morgan fingerprint density at radius 2 is 2.03 bits per heavy atom. The Bertz CT molecular complexity index is 1180. The van der Waals surface area contributed by atoms with Gasteiger partial charge in [0.15, 0.2) is 0 Å². The van der Waals surface area contributed by atoms with Crippen LogP contribution in [-0.4, -0.2) is 15.5 Å². The van der Waals surface area contributed by atoms with Gasteiger partial charge in [-0.3, -0.25) is 9.36 Å². The molecule has 29 heavy (non-hydrogen) atoms. The number of hydrogen-bond acceptors (Lipinski definition) is 3. The van der Waals surface area contributed by atoms with Gasteiger partial charge in [0, 0.05) is 10.9 Å². The molecule has 2 aromatic carbocycles. The number of carbonyl (C=O) groups is 1. The molecule has 1 amide bonds. The van der Waals surface area contributed by atoms with E-state index in [4.69, 9.17) is 4.42 Å². The third-order valence-electron chi connectivity index (χ3n) is 5.06. The average Bonchev–Trinajstić information content (AvgIpc) is 3.29. The number of benzene rings is 2. The fourth-order valence-electron chi connectivity index (χ4n) is 3.59. The van der Waals surface area contributed by atoms with E-state index in [0.717, 1.165) is 33.1 Å². The number of rotatable bonds is 6. The van der Waals surface area contributed by atoms with Crippen LogP contribution in [0.3, 0.4) is 0 Å². The van der Waals surface area contributed by atoms with Gasteiger partial charge in [0.1, 0.15) is 11.4 Å². The molecule has 0 saturated carbocycles. The number of furan rings is 1. The summed E-state index contributed by atoms with van der Waals surface area (Å²) in [6.45, 7) is 0.966. The van der Waals surface area contributed by atoms with E-state index < -0.39 is 12.6 Å². The first kappa shape index (κ1) is 19.1. The van der Waals surface area contributed by atoms with E-state index in [2.05, 4.69) is 17.2 Å². The smallest absolute Gasteiger partial charge is 0.320 e. The van der Waals surface area contributed by atoms with Crippen molar-refractivity contribution in [1.82, 2.24) is 14.9 Å². The van der Waals surface area contributed by atoms with Gasteiger partial charge in [-0.1, -0.05) is 31.2 Å². The molecule has 4 aromatic rings. The predicted molar refractivity (Wildman–Crippen MR) is 107 cm³/mol. The van der Waals surface area contributed by atoms with E-state index in [1.54, 1.807) is 37.5 Å². The zero-order chi connectivity index (χ0) is 20.5. The minimum atomic E-state index is -2.75. The summed E-state index contributed by atoms with van der Waals surface area (Å²) in [7, 11) is 0. The van der Waals surface area contributed by atoms with Crippen molar-refractivity contribution in [2.45, 2.75) is 39.3 Å². The van der Waals surface area contributed by atoms with E-state index in [-0.39, 0.29) is 18.2 Å². The first-order valence-electron chi connectivity index (χ1n) is 9.51. The highest BCUT2D eigenvalue weighted by atomic mass is 19.3. The van der Waals surface area contributed by atoms with Gasteiger partial charge in [0.2, 0.25) is 5.91 Å². The minimum absolute atomic E-state index is 0.0950. The fraction of sp³-hybridized carbons (Fsp3) is 0.273. The topological polar surface area (TPSA) is 60.1 Å². The molecule has 0 aliphatic heterocycles. The maximum absolute atomic E-state index is 13.6. The molecule has 7 heteroatoms. The molecule has 1 N–H and O–H groups in total. The molecule has 0 radical (unpaired) electrons. The van der Waals surface area contributed by atoms with Crippen molar-refractivity contribution >= 4 is 27.9 Å². The highest BCUT2D eigenvalue weighted by Gasteiger charge is 2.23. The number of para-hydroxylation sites is 2. The Labute approximate surface area is 166 Å². The van der Waals surface area contributed by atoms with E-state index in [9.17, 15) is 13.6 Å². The zero-order valence-electron chi connectivity index (χ0n) is 16.2. The molecule has 2 aromatic heterocycles. The van der Waals surface area contributed by atoms with Crippen molar-refractivity contribution in [2.75, 3.05) is 0 Å². The van der Waals surface area contributed by atoms with Gasteiger partial charge in [-0.2, -0.15) is 8.78 Å². The lowest BCUT2D eigenvalue weighted by Gasteiger charge is -2.15. The molecule has 0 aliphatic carbocycles. The summed E-state index contributed by atoms with van der Waals surface area (Å²) >= 11 is 0. The van der Waals surface area contributed by atoms with E-state index in [1.807, 2.05) is 18.2 Å². The van der Waals surface area contributed by atoms with Crippen LogP contribution < -0.4 is 5.32 Å². The summed E-state index contributed by atoms with van der Waals surface area (Å²) in [5.74, 6) is -0.160. The lowest BCUT2D eigenvalue weighted by atomic mass is 10.1. The molecule has 150 valence electrons. The quantitative estimate of drug-likeness (QED) is 0.489. The van der Waals surface area contributed by atoms with Gasteiger partial charge < -0.3 is 9.73 Å². The van der Waals surface area contributed by atoms with Crippen LogP contribution in [-0.2, 0) is 17.6 Å². The molecule has 0 bridgehead atoms. The Hall–Kier alpha value is -3.22. The Morgan fingerprint density at radius 3 is 2.79 bits per heavy atom. The van der Waals surface area contributed by atoms with Crippen LogP contribution in [0.15, 0.2) is 53.1 Å². The Morgan fingerprint density at radius 1 is 1.24 bits per heavy atom. The van der Waals surface area contributed by atoms with Crippen LogP contribution in [0.2, 0.25) is 0 Å². The number of aromatic nitrogens is 2. The largest absolute Gasteiger partial charge is 0.464 e. The number of nitrogens with one attached hydrogen (secondary N) is 1. The van der Waals surface area contributed by atoms with Gasteiger partial charge >= 0.3 is 6.55 Å². The van der Waals surface area contributed by atoms with Crippen LogP contribution in [0, 0.1) is 0 Å². The average molecular weight is 397 g/mol. The SMILES string of the molecule is CCc1ccc2c(CC(=O)NC(C)c3nc4ccccc4n3C(F)F)coc2c1. The van der Waals surface area contributed by atoms with Crippen molar-refractivity contribution in [1.29, 1.82) is 0 Å². The standard InChI is InChI=1S/C22H21F2N3O2/c1-3-14-8-9-16-15(12-29-19(16)10-14)11-20(28)25-13(2)21-26-17-6-4-5-7-18(17)27(21)22(23)24/h4-10,12-13,22H,3,11H2,1-2H3,(H,25,28). The molecular formula is C22H21F2N3O2. The number of fused-ring (bicyclic) bond motifs is 2. The van der Waals surface area contributed by atoms with E-state index >= 15 is 0 Å². The number of amides is 1. The van der Waals surface area contributed by atoms with Crippen LogP contribution >= 0.6 is 0 Å². The van der Waals surface area contributed by atoms with E-state index in [0.29, 0.717) is 11.0 Å². The number of imidazole rings is 1. The van der Waals surface area contributed by atoms with Crippen molar-refractivity contribution in [3.63, 3.8) is 0 Å². The van der Waals surface area contributed by atoms with Crippen LogP contribution in [0.25, 0.3) is 22.0 Å². The normalized spacial score (nSPS) is 12.7. The molecule has 2 heterocycles. The highest BCUT2D eigenvalue weighted by molar-refractivity contribution is 5.88. The summed E-state index contributed by atoms with van der Waals surface area (Å²) in [5, 5.41) is 3.66. The molecule has 0 aliphatic rings. The van der Waals surface area contributed by atoms with Crippen LogP contribution in [0.1, 0.15) is 43.4 Å². The molecule has 1 atom stereocenters. The van der Waals surface area contributed by atoms with Crippen molar-refractivity contribution in [3.8, 4) is 0 Å². The van der Waals surface area contributed by atoms with Gasteiger partial charge in [-0.15, -0.1) is 0 Å². The maximum Gasteiger partial charge on any atom is 0.320 e. The van der Waals surface area contributed by atoms with Crippen molar-refractivity contribution in [2.24, 2.45) is 0 Å². The van der Waals surface area contributed by atoms with E-state index in [1.165, 1.54) is 0 Å². The van der Waals surface area contributed by atoms with Crippen molar-refractivity contribution in [3.05, 3.63) is 65.7 Å². The lowest BCUT2D eigenvalue weighted by Crippen LogP contribution is -2.30. The minimum Gasteiger partial charge on any atom is -0.464 e. The third kappa shape index (κ3) is 3.60. The maximum atomic E-state index is 13.6. The second-order valence-corrected chi connectivity index (χ2v) is 7.02. The van der Waals surface area contributed by atoms with Gasteiger partial charge in [0.05, 0.1) is 29.8 Å². The molecule has 0 saturated heterocycles. The predicted octanol–water partition coefficient (Wildman–Crippen LogP) is 5.16. The first-order chi connectivity index (χ1) is 14.0. The summed E-state index contributed by atoms with van der Waals surface area (Å²) < 4.78 is 33.7. The molecule has 0 spiro atoms. The molecule has 4 rings (SSSR count). The van der Waals surface area contributed by atoms with Crippen LogP contribution in [0.4, 0.5) is 8.78 Å². The number of carbonyl (C=O) groups excluding carboxylic acids is 1. The first-order valence-corrected chi connectivity index (χ1v) is 9.51. The fourth-order valence-corrected chi connectivity index (χ4v) is 3.59. The number of alkyl halides is 2. The molecule has 1 unspecified atom stereocenters. The highest BCUT2D eigenvalue weighted by Crippen LogP contribution is 2.27. The van der Waals surface area contributed by atoms with Gasteiger partial charge in [-0.05, 0) is 37.1 Å². The monoisotopic (exact) mass is 397 g/mol. The Balaban J connectivity index is 1.55. The molecule has 0 fully saturated rings. The molecule has 5 nitrogen and oxygen atoms in total. The summed E-state index contributed by atoms with van der Waals surface area (Å²) in [6.07, 6.45) is 2.57. The van der Waals surface area contributed by atoms with Crippen molar-refractivity contribution < 1.29 is 18.0 Å². The summed E-state index contributed by atoms with van der Waals surface area (Å²) in [6, 6.07) is 11.9. The lowest BCUT2D eigenvalue weighted by molar-refractivity contribution is -0.121. The number of nitrogens with zero attached hydrogens (tertiary/aromatic N) is 2. The summed E-state index contributed by atoms with van der Waals surface area (Å²) in [4.78, 5) is 16.9. The number of aryl methyl sites for hydroxylation is 1. The Kier molecular flexibility index (Phi) is 5.05. The second-order valence-electron chi connectivity index (χ2n) is 7.02. The summed E-state index contributed by atoms with van der Waals surface area (Å²) in [5.41, 5.74) is 3.46. The third-order valence-corrected chi connectivity index (χ3v) is 5.06. The zero-order valence-corrected chi connectivity index (χ0v) is 16.2. The van der Waals surface area contributed by atoms with Gasteiger partial charge in [0.25, 0.3) is 0 Å². The second kappa shape index (κ2) is 7.66. The molecular weight excluding hydrogens is 376 g/mol. The van der Waals surface area contributed by atoms with Crippen LogP contribution in [0.5, 0.6) is 0 Å². The number of hydrogen-bond donors (Lipinski definition) is 1. The number of halogens is 2.